The van der Waals surface area contributed by atoms with Gasteiger partial charge in [-0.25, -0.2) is 4.79 Å². The number of carbonyl (C=O) groups excluding carboxylic acids is 1. The van der Waals surface area contributed by atoms with Crippen LogP contribution >= 0.6 is 0 Å². The van der Waals surface area contributed by atoms with E-state index in [1.807, 2.05) is 20.8 Å². The summed E-state index contributed by atoms with van der Waals surface area (Å²) in [6.07, 6.45) is 9.04. The van der Waals surface area contributed by atoms with Gasteiger partial charge in [-0.05, 0) is 46.5 Å². The Balaban J connectivity index is 2.34. The van der Waals surface area contributed by atoms with E-state index >= 15 is 0 Å². The van der Waals surface area contributed by atoms with Crippen LogP contribution in [0.4, 0.5) is 4.79 Å². The molecule has 0 aromatic carbocycles. The van der Waals surface area contributed by atoms with Gasteiger partial charge in [0.05, 0.1) is 6.54 Å². The lowest BCUT2D eigenvalue weighted by Crippen LogP contribution is -2.45. The minimum Gasteiger partial charge on any atom is -0.444 e. The summed E-state index contributed by atoms with van der Waals surface area (Å²) >= 11 is 0. The Kier molecular flexibility index (Phi) is 5.49. The number of hydrogen-bond donors (Lipinski definition) is 2. The van der Waals surface area contributed by atoms with E-state index in [0.29, 0.717) is 12.6 Å². The van der Waals surface area contributed by atoms with Crippen LogP contribution in [0, 0.1) is 12.3 Å². The Morgan fingerprint density at radius 3 is 2.67 bits per heavy atom. The van der Waals surface area contributed by atoms with Gasteiger partial charge in [0.2, 0.25) is 0 Å². The Labute approximate surface area is 110 Å². The molecule has 1 rings (SSSR count). The van der Waals surface area contributed by atoms with Gasteiger partial charge < -0.3 is 15.4 Å². The topological polar surface area (TPSA) is 50.4 Å². The van der Waals surface area contributed by atoms with Crippen molar-refractivity contribution in [2.75, 3.05) is 6.54 Å². The average molecular weight is 252 g/mol. The molecule has 1 amide bonds. The smallest absolute Gasteiger partial charge is 0.407 e. The van der Waals surface area contributed by atoms with Crippen molar-refractivity contribution in [1.29, 1.82) is 0 Å². The summed E-state index contributed by atoms with van der Waals surface area (Å²) in [5, 5.41) is 6.22. The molecule has 1 fully saturated rings. The van der Waals surface area contributed by atoms with Crippen molar-refractivity contribution in [3.8, 4) is 12.3 Å². The molecule has 0 radical (unpaired) electrons. The number of hydrogen-bond acceptors (Lipinski definition) is 3. The number of nitrogens with one attached hydrogen (secondary N) is 2. The molecule has 1 aliphatic carbocycles. The number of terminal acetylenes is 1. The average Bonchev–Trinajstić information content (AvgIpc) is 2.24. The molecular formula is C14H24N2O2. The highest BCUT2D eigenvalue weighted by molar-refractivity contribution is 5.68. The van der Waals surface area contributed by atoms with E-state index < -0.39 is 5.60 Å². The maximum atomic E-state index is 11.7. The van der Waals surface area contributed by atoms with Gasteiger partial charge >= 0.3 is 6.09 Å². The van der Waals surface area contributed by atoms with Crippen molar-refractivity contribution in [3.63, 3.8) is 0 Å². The summed E-state index contributed by atoms with van der Waals surface area (Å²) in [6.45, 7) is 6.18. The van der Waals surface area contributed by atoms with Crippen LogP contribution in [-0.4, -0.2) is 30.3 Å². The van der Waals surface area contributed by atoms with E-state index in [-0.39, 0.29) is 12.1 Å². The van der Waals surface area contributed by atoms with Crippen LogP contribution in [0.25, 0.3) is 0 Å². The van der Waals surface area contributed by atoms with Gasteiger partial charge in [0.25, 0.3) is 0 Å². The summed E-state index contributed by atoms with van der Waals surface area (Å²) in [5.41, 5.74) is -0.445. The maximum Gasteiger partial charge on any atom is 0.407 e. The zero-order valence-electron chi connectivity index (χ0n) is 11.6. The first-order valence-corrected chi connectivity index (χ1v) is 6.57. The lowest BCUT2D eigenvalue weighted by Gasteiger charge is -2.30. The Morgan fingerprint density at radius 1 is 1.39 bits per heavy atom. The van der Waals surface area contributed by atoms with Crippen LogP contribution in [0.1, 0.15) is 46.5 Å². The van der Waals surface area contributed by atoms with Gasteiger partial charge in [-0.3, -0.25) is 0 Å². The van der Waals surface area contributed by atoms with Crippen molar-refractivity contribution < 1.29 is 9.53 Å². The molecule has 0 aromatic heterocycles. The van der Waals surface area contributed by atoms with Gasteiger partial charge in [-0.1, -0.05) is 5.92 Å². The van der Waals surface area contributed by atoms with Crippen molar-refractivity contribution in [2.45, 2.75) is 64.1 Å². The predicted octanol–water partition coefficient (Wildman–Crippen LogP) is 2.05. The van der Waals surface area contributed by atoms with Crippen LogP contribution in [0.3, 0.4) is 0 Å². The summed E-state index contributed by atoms with van der Waals surface area (Å²) < 4.78 is 5.25. The standard InChI is InChI=1S/C14H24N2O2/c1-5-9-15-11-7-6-8-12(10-11)16-13(17)18-14(2,3)4/h1,11-12,15H,6-10H2,2-4H3,(H,16,17). The fraction of sp³-hybridized carbons (Fsp3) is 0.786. The van der Waals surface area contributed by atoms with E-state index in [2.05, 4.69) is 16.6 Å². The van der Waals surface area contributed by atoms with Gasteiger partial charge in [0, 0.05) is 12.1 Å². The molecule has 0 saturated heterocycles. The Hall–Kier alpha value is -1.21. The second kappa shape index (κ2) is 6.65. The zero-order chi connectivity index (χ0) is 13.6. The third kappa shape index (κ3) is 5.92. The van der Waals surface area contributed by atoms with Crippen molar-refractivity contribution in [1.82, 2.24) is 10.6 Å². The summed E-state index contributed by atoms with van der Waals surface area (Å²) in [7, 11) is 0. The molecule has 0 aromatic rings. The minimum absolute atomic E-state index is 0.184. The fourth-order valence-electron chi connectivity index (χ4n) is 2.18. The molecule has 0 spiro atoms. The van der Waals surface area contributed by atoms with Crippen molar-refractivity contribution in [2.24, 2.45) is 0 Å². The van der Waals surface area contributed by atoms with Crippen LogP contribution < -0.4 is 10.6 Å². The number of carbonyl (C=O) groups is 1. The van der Waals surface area contributed by atoms with Crippen LogP contribution in [0.5, 0.6) is 0 Å². The number of amides is 1. The molecule has 0 heterocycles. The molecule has 2 N–H and O–H groups in total. The Morgan fingerprint density at radius 2 is 2.06 bits per heavy atom. The zero-order valence-corrected chi connectivity index (χ0v) is 11.6. The molecule has 0 aliphatic heterocycles. The molecule has 4 nitrogen and oxygen atoms in total. The van der Waals surface area contributed by atoms with E-state index in [1.54, 1.807) is 0 Å². The van der Waals surface area contributed by atoms with Crippen LogP contribution in [0.15, 0.2) is 0 Å². The van der Waals surface area contributed by atoms with Crippen molar-refractivity contribution >= 4 is 6.09 Å². The SMILES string of the molecule is C#CCNC1CCCC(NC(=O)OC(C)(C)C)C1. The lowest BCUT2D eigenvalue weighted by atomic mass is 9.91. The molecular weight excluding hydrogens is 228 g/mol. The van der Waals surface area contributed by atoms with E-state index in [4.69, 9.17) is 11.2 Å². The number of ether oxygens (including phenoxy) is 1. The van der Waals surface area contributed by atoms with E-state index in [9.17, 15) is 4.79 Å². The quantitative estimate of drug-likeness (QED) is 0.756. The van der Waals surface area contributed by atoms with Gasteiger partial charge in [0.1, 0.15) is 5.60 Å². The molecule has 2 unspecified atom stereocenters. The van der Waals surface area contributed by atoms with Crippen LogP contribution in [0.2, 0.25) is 0 Å². The third-order valence-electron chi connectivity index (χ3n) is 2.89. The molecule has 1 saturated carbocycles. The molecule has 102 valence electrons. The molecule has 0 bridgehead atoms. The van der Waals surface area contributed by atoms with E-state index in [0.717, 1.165) is 25.7 Å². The second-order valence-corrected chi connectivity index (χ2v) is 5.79. The van der Waals surface area contributed by atoms with Gasteiger partial charge in [-0.15, -0.1) is 6.42 Å². The first-order chi connectivity index (χ1) is 8.40. The first-order valence-electron chi connectivity index (χ1n) is 6.57. The molecule has 1 aliphatic rings. The van der Waals surface area contributed by atoms with Gasteiger partial charge in [-0.2, -0.15) is 0 Å². The largest absolute Gasteiger partial charge is 0.444 e. The first kappa shape index (κ1) is 14.8. The monoisotopic (exact) mass is 252 g/mol. The Bertz CT molecular complexity index is 315. The summed E-state index contributed by atoms with van der Waals surface area (Å²) in [4.78, 5) is 11.7. The highest BCUT2D eigenvalue weighted by Crippen LogP contribution is 2.19. The number of rotatable bonds is 3. The molecule has 18 heavy (non-hydrogen) atoms. The number of alkyl carbamates (subject to hydrolysis) is 1. The second-order valence-electron chi connectivity index (χ2n) is 5.79. The van der Waals surface area contributed by atoms with Crippen LogP contribution in [-0.2, 0) is 4.74 Å². The molecule has 2 atom stereocenters. The normalized spacial score (nSPS) is 24.1. The third-order valence-corrected chi connectivity index (χ3v) is 2.89. The molecule has 4 heteroatoms. The van der Waals surface area contributed by atoms with Crippen molar-refractivity contribution in [3.05, 3.63) is 0 Å². The fourth-order valence-corrected chi connectivity index (χ4v) is 2.18. The van der Waals surface area contributed by atoms with E-state index in [1.165, 1.54) is 0 Å². The summed E-state index contributed by atoms with van der Waals surface area (Å²) in [6, 6.07) is 0.582. The lowest BCUT2D eigenvalue weighted by molar-refractivity contribution is 0.0489. The maximum absolute atomic E-state index is 11.7. The minimum atomic E-state index is -0.445. The highest BCUT2D eigenvalue weighted by atomic mass is 16.6. The predicted molar refractivity (Wildman–Crippen MR) is 72.2 cm³/mol. The highest BCUT2D eigenvalue weighted by Gasteiger charge is 2.24. The summed E-state index contributed by atoms with van der Waals surface area (Å²) in [5.74, 6) is 2.58. The van der Waals surface area contributed by atoms with Gasteiger partial charge in [0.15, 0.2) is 0 Å².